The minimum absolute atomic E-state index is 0.0857. The molecule has 0 fully saturated rings. The maximum atomic E-state index is 5.14. The van der Waals surface area contributed by atoms with Crippen molar-refractivity contribution in [2.75, 3.05) is 12.4 Å². The van der Waals surface area contributed by atoms with Gasteiger partial charge in [-0.3, -0.25) is 0 Å². The van der Waals surface area contributed by atoms with E-state index in [9.17, 15) is 0 Å². The van der Waals surface area contributed by atoms with Crippen molar-refractivity contribution >= 4 is 5.82 Å². The molecule has 0 aliphatic rings. The summed E-state index contributed by atoms with van der Waals surface area (Å²) in [4.78, 5) is 9.07. The summed E-state index contributed by atoms with van der Waals surface area (Å²) in [7, 11) is 1.67. The lowest BCUT2D eigenvalue weighted by Gasteiger charge is -2.19. The standard InChI is InChI=1S/C14H23N3O/c1-7-10(2)15-12-8-11(9-18-6)16-13(17-12)14(3,4)5/h7-8,10H,1,9H2,2-6H3,(H,15,16,17). The summed E-state index contributed by atoms with van der Waals surface area (Å²) < 4.78 is 5.14. The molecule has 1 unspecified atom stereocenters. The van der Waals surface area contributed by atoms with Crippen molar-refractivity contribution in [3.63, 3.8) is 0 Å². The molecule has 1 heterocycles. The van der Waals surface area contributed by atoms with E-state index >= 15 is 0 Å². The second kappa shape index (κ2) is 5.96. The Morgan fingerprint density at radius 1 is 1.44 bits per heavy atom. The first-order valence-corrected chi connectivity index (χ1v) is 6.13. The highest BCUT2D eigenvalue weighted by Crippen LogP contribution is 2.21. The molecule has 0 aliphatic heterocycles. The number of rotatable bonds is 5. The van der Waals surface area contributed by atoms with Crippen LogP contribution in [0, 0.1) is 0 Å². The van der Waals surface area contributed by atoms with Crippen LogP contribution in [0.5, 0.6) is 0 Å². The van der Waals surface area contributed by atoms with E-state index in [-0.39, 0.29) is 11.5 Å². The minimum atomic E-state index is -0.0857. The Labute approximate surface area is 109 Å². The Hall–Kier alpha value is -1.42. The number of anilines is 1. The van der Waals surface area contributed by atoms with Gasteiger partial charge in [-0.2, -0.15) is 0 Å². The first-order valence-electron chi connectivity index (χ1n) is 6.13. The van der Waals surface area contributed by atoms with Gasteiger partial charge in [-0.05, 0) is 6.92 Å². The van der Waals surface area contributed by atoms with Crippen molar-refractivity contribution < 1.29 is 4.74 Å². The molecule has 0 saturated carbocycles. The fraction of sp³-hybridized carbons (Fsp3) is 0.571. The van der Waals surface area contributed by atoms with Gasteiger partial charge in [0, 0.05) is 24.6 Å². The third kappa shape index (κ3) is 4.11. The Morgan fingerprint density at radius 2 is 2.11 bits per heavy atom. The third-order valence-corrected chi connectivity index (χ3v) is 2.47. The number of nitrogens with zero attached hydrogens (tertiary/aromatic N) is 2. The average Bonchev–Trinajstić information content (AvgIpc) is 2.27. The normalized spacial score (nSPS) is 13.2. The van der Waals surface area contributed by atoms with Gasteiger partial charge < -0.3 is 10.1 Å². The second-order valence-electron chi connectivity index (χ2n) is 5.42. The molecule has 0 radical (unpaired) electrons. The number of ether oxygens (including phenoxy) is 1. The number of nitrogens with one attached hydrogen (secondary N) is 1. The van der Waals surface area contributed by atoms with Crippen LogP contribution in [0.15, 0.2) is 18.7 Å². The van der Waals surface area contributed by atoms with E-state index in [1.807, 2.05) is 19.1 Å². The van der Waals surface area contributed by atoms with Gasteiger partial charge in [0.15, 0.2) is 0 Å². The molecule has 0 aliphatic carbocycles. The van der Waals surface area contributed by atoms with Crippen LogP contribution in [-0.2, 0) is 16.8 Å². The largest absolute Gasteiger partial charge is 0.378 e. The van der Waals surface area contributed by atoms with Crippen molar-refractivity contribution in [3.8, 4) is 0 Å². The van der Waals surface area contributed by atoms with Gasteiger partial charge >= 0.3 is 0 Å². The Bertz CT molecular complexity index is 410. The molecule has 4 heteroatoms. The molecule has 0 spiro atoms. The Balaban J connectivity index is 3.09. The minimum Gasteiger partial charge on any atom is -0.378 e. The molecule has 0 aromatic carbocycles. The molecule has 1 aromatic heterocycles. The average molecular weight is 249 g/mol. The fourth-order valence-electron chi connectivity index (χ4n) is 1.42. The topological polar surface area (TPSA) is 47.0 Å². The van der Waals surface area contributed by atoms with Gasteiger partial charge in [0.25, 0.3) is 0 Å². The molecule has 0 bridgehead atoms. The predicted octanol–water partition coefficient (Wildman–Crippen LogP) is 2.91. The molecule has 1 atom stereocenters. The number of hydrogen-bond acceptors (Lipinski definition) is 4. The van der Waals surface area contributed by atoms with Gasteiger partial charge in [0.1, 0.15) is 11.6 Å². The molecule has 0 saturated heterocycles. The van der Waals surface area contributed by atoms with Crippen LogP contribution < -0.4 is 5.32 Å². The second-order valence-corrected chi connectivity index (χ2v) is 5.42. The molecule has 1 aromatic rings. The van der Waals surface area contributed by atoms with E-state index in [0.29, 0.717) is 6.61 Å². The van der Waals surface area contributed by atoms with Gasteiger partial charge in [0.2, 0.25) is 0 Å². The van der Waals surface area contributed by atoms with Crippen molar-refractivity contribution in [2.45, 2.75) is 45.8 Å². The first kappa shape index (κ1) is 14.6. The summed E-state index contributed by atoms with van der Waals surface area (Å²) in [5.74, 6) is 1.63. The van der Waals surface area contributed by atoms with E-state index in [1.54, 1.807) is 7.11 Å². The zero-order valence-electron chi connectivity index (χ0n) is 11.9. The summed E-state index contributed by atoms with van der Waals surface area (Å²) >= 11 is 0. The number of methoxy groups -OCH3 is 1. The Morgan fingerprint density at radius 3 is 2.61 bits per heavy atom. The molecule has 1 rings (SSSR count). The van der Waals surface area contributed by atoms with Crippen molar-refractivity contribution in [1.82, 2.24) is 9.97 Å². The van der Waals surface area contributed by atoms with Crippen LogP contribution in [0.25, 0.3) is 0 Å². The maximum Gasteiger partial charge on any atom is 0.136 e. The van der Waals surface area contributed by atoms with E-state index in [4.69, 9.17) is 4.74 Å². The van der Waals surface area contributed by atoms with Crippen LogP contribution in [0.1, 0.15) is 39.2 Å². The van der Waals surface area contributed by atoms with E-state index in [0.717, 1.165) is 17.3 Å². The molecular weight excluding hydrogens is 226 g/mol. The van der Waals surface area contributed by atoms with E-state index in [1.165, 1.54) is 0 Å². The smallest absolute Gasteiger partial charge is 0.136 e. The maximum absolute atomic E-state index is 5.14. The van der Waals surface area contributed by atoms with Crippen LogP contribution in [-0.4, -0.2) is 23.1 Å². The fourth-order valence-corrected chi connectivity index (χ4v) is 1.42. The predicted molar refractivity (Wildman–Crippen MR) is 74.7 cm³/mol. The van der Waals surface area contributed by atoms with Crippen molar-refractivity contribution in [2.24, 2.45) is 0 Å². The summed E-state index contributed by atoms with van der Waals surface area (Å²) in [5.41, 5.74) is 0.800. The zero-order chi connectivity index (χ0) is 13.8. The van der Waals surface area contributed by atoms with E-state index in [2.05, 4.69) is 42.6 Å². The lowest BCUT2D eigenvalue weighted by Crippen LogP contribution is -2.20. The van der Waals surface area contributed by atoms with Crippen LogP contribution in [0.3, 0.4) is 0 Å². The Kier molecular flexibility index (Phi) is 4.84. The SMILES string of the molecule is C=CC(C)Nc1cc(COC)nc(C(C)(C)C)n1. The molecule has 18 heavy (non-hydrogen) atoms. The lowest BCUT2D eigenvalue weighted by molar-refractivity contribution is 0.181. The molecule has 1 N–H and O–H groups in total. The van der Waals surface area contributed by atoms with Gasteiger partial charge in [-0.1, -0.05) is 26.8 Å². The number of aromatic nitrogens is 2. The summed E-state index contributed by atoms with van der Waals surface area (Å²) in [6.07, 6.45) is 1.84. The zero-order valence-corrected chi connectivity index (χ0v) is 11.9. The monoisotopic (exact) mass is 249 g/mol. The van der Waals surface area contributed by atoms with Gasteiger partial charge in [-0.15, -0.1) is 6.58 Å². The number of hydrogen-bond donors (Lipinski definition) is 1. The van der Waals surface area contributed by atoms with Crippen LogP contribution in [0.2, 0.25) is 0 Å². The van der Waals surface area contributed by atoms with Gasteiger partial charge in [0.05, 0.1) is 12.3 Å². The summed E-state index contributed by atoms with van der Waals surface area (Å²) in [5, 5.41) is 3.28. The third-order valence-electron chi connectivity index (χ3n) is 2.47. The highest BCUT2D eigenvalue weighted by molar-refractivity contribution is 5.38. The molecule has 4 nitrogen and oxygen atoms in total. The summed E-state index contributed by atoms with van der Waals surface area (Å²) in [6, 6.07) is 2.08. The van der Waals surface area contributed by atoms with Gasteiger partial charge in [-0.25, -0.2) is 9.97 Å². The van der Waals surface area contributed by atoms with E-state index < -0.39 is 0 Å². The summed E-state index contributed by atoms with van der Waals surface area (Å²) in [6.45, 7) is 12.6. The molecular formula is C14H23N3O. The van der Waals surface area contributed by atoms with Crippen LogP contribution in [0.4, 0.5) is 5.82 Å². The quantitative estimate of drug-likeness (QED) is 0.815. The lowest BCUT2D eigenvalue weighted by atomic mass is 9.95. The highest BCUT2D eigenvalue weighted by Gasteiger charge is 2.19. The molecule has 100 valence electrons. The van der Waals surface area contributed by atoms with Crippen LogP contribution >= 0.6 is 0 Å². The van der Waals surface area contributed by atoms with Crippen molar-refractivity contribution in [1.29, 1.82) is 0 Å². The first-order chi connectivity index (χ1) is 8.36. The molecule has 0 amide bonds. The highest BCUT2D eigenvalue weighted by atomic mass is 16.5. The van der Waals surface area contributed by atoms with Crippen molar-refractivity contribution in [3.05, 3.63) is 30.2 Å².